The molecule has 1 N–H and O–H groups in total. The van der Waals surface area contributed by atoms with Gasteiger partial charge in [-0.1, -0.05) is 0 Å². The summed E-state index contributed by atoms with van der Waals surface area (Å²) in [5.74, 6) is -0.589. The summed E-state index contributed by atoms with van der Waals surface area (Å²) in [5.41, 5.74) is 1.25. The topological polar surface area (TPSA) is 75.7 Å². The molecule has 0 saturated carbocycles. The molecule has 0 radical (unpaired) electrons. The van der Waals surface area contributed by atoms with E-state index in [0.717, 1.165) is 4.31 Å². The van der Waals surface area contributed by atoms with Gasteiger partial charge in [0.05, 0.1) is 11.5 Å². The van der Waals surface area contributed by atoms with Gasteiger partial charge in [-0.05, 0) is 37.1 Å². The Hall–Kier alpha value is -1.65. The number of hydrogen-bond donors (Lipinski definition) is 1. The number of aryl methyl sites for hydroxylation is 1. The first-order chi connectivity index (χ1) is 11.4. The maximum atomic E-state index is 12.3. The van der Waals surface area contributed by atoms with Crippen LogP contribution in [-0.4, -0.2) is 58.7 Å². The first-order valence-electron chi connectivity index (χ1n) is 7.32. The highest BCUT2D eigenvalue weighted by Crippen LogP contribution is 2.23. The number of amides is 1. The molecule has 0 saturated heterocycles. The fourth-order valence-electron chi connectivity index (χ4n) is 1.95. The number of benzene rings is 1. The first-order valence-corrected chi connectivity index (χ1v) is 8.76. The average Bonchev–Trinajstić information content (AvgIpc) is 2.47. The molecule has 25 heavy (non-hydrogen) atoms. The van der Waals surface area contributed by atoms with E-state index in [1.807, 2.05) is 0 Å². The normalized spacial score (nSPS) is 12.5. The van der Waals surface area contributed by atoms with E-state index in [0.29, 0.717) is 11.1 Å². The van der Waals surface area contributed by atoms with Crippen molar-refractivity contribution in [2.24, 2.45) is 0 Å². The molecule has 0 aliphatic heterocycles. The van der Waals surface area contributed by atoms with Crippen LogP contribution >= 0.6 is 0 Å². The summed E-state index contributed by atoms with van der Waals surface area (Å²) in [6, 6.07) is 2.78. The van der Waals surface area contributed by atoms with E-state index in [-0.39, 0.29) is 23.6 Å². The van der Waals surface area contributed by atoms with Gasteiger partial charge in [0.1, 0.15) is 6.61 Å². The number of hydrogen-bond acceptors (Lipinski definition) is 4. The minimum atomic E-state index is -4.42. The minimum Gasteiger partial charge on any atom is -0.370 e. The van der Waals surface area contributed by atoms with Crippen LogP contribution < -0.4 is 5.32 Å². The van der Waals surface area contributed by atoms with Crippen LogP contribution in [0.15, 0.2) is 17.0 Å². The van der Waals surface area contributed by atoms with Gasteiger partial charge in [-0.2, -0.15) is 13.2 Å². The molecular formula is C15H21F3N2O4S. The van der Waals surface area contributed by atoms with Gasteiger partial charge in [-0.3, -0.25) is 4.79 Å². The number of carbonyl (C=O) groups is 1. The van der Waals surface area contributed by atoms with E-state index in [2.05, 4.69) is 10.1 Å². The van der Waals surface area contributed by atoms with E-state index in [1.54, 1.807) is 13.8 Å². The Morgan fingerprint density at radius 2 is 1.84 bits per heavy atom. The molecule has 1 rings (SSSR count). The molecule has 0 atom stereocenters. The first kappa shape index (κ1) is 21.4. The Bertz CT molecular complexity index is 731. The highest BCUT2D eigenvalue weighted by molar-refractivity contribution is 7.89. The van der Waals surface area contributed by atoms with Crippen molar-refractivity contribution < 1.29 is 31.1 Å². The second-order valence-corrected chi connectivity index (χ2v) is 7.75. The van der Waals surface area contributed by atoms with Crippen molar-refractivity contribution in [3.8, 4) is 0 Å². The number of ether oxygens (including phenoxy) is 1. The van der Waals surface area contributed by atoms with Crippen molar-refractivity contribution in [1.29, 1.82) is 0 Å². The fourth-order valence-corrected chi connectivity index (χ4v) is 3.17. The quantitative estimate of drug-likeness (QED) is 0.731. The van der Waals surface area contributed by atoms with Gasteiger partial charge in [0.2, 0.25) is 10.0 Å². The summed E-state index contributed by atoms with van der Waals surface area (Å²) < 4.78 is 65.9. The summed E-state index contributed by atoms with van der Waals surface area (Å²) in [4.78, 5) is 12.1. The molecule has 1 aromatic carbocycles. The van der Waals surface area contributed by atoms with Crippen molar-refractivity contribution in [3.05, 3.63) is 28.8 Å². The predicted molar refractivity (Wildman–Crippen MR) is 86.0 cm³/mol. The van der Waals surface area contributed by atoms with Gasteiger partial charge in [0.25, 0.3) is 5.91 Å². The number of nitrogens with zero attached hydrogens (tertiary/aromatic N) is 1. The van der Waals surface area contributed by atoms with Crippen molar-refractivity contribution in [3.63, 3.8) is 0 Å². The zero-order valence-electron chi connectivity index (χ0n) is 14.4. The molecule has 0 unspecified atom stereocenters. The minimum absolute atomic E-state index is 0.0102. The third-order valence-electron chi connectivity index (χ3n) is 3.44. The third-order valence-corrected chi connectivity index (χ3v) is 5.38. The molecule has 0 aliphatic rings. The number of nitrogens with one attached hydrogen (secondary N) is 1. The SMILES string of the molecule is Cc1cc(C(=O)NCCOCC(F)(F)F)cc(S(=O)(=O)N(C)C)c1C. The van der Waals surface area contributed by atoms with Gasteiger partial charge in [-0.15, -0.1) is 0 Å². The molecule has 1 aromatic rings. The zero-order valence-corrected chi connectivity index (χ0v) is 15.2. The lowest BCUT2D eigenvalue weighted by Crippen LogP contribution is -2.29. The van der Waals surface area contributed by atoms with E-state index in [4.69, 9.17) is 0 Å². The van der Waals surface area contributed by atoms with Crippen LogP contribution in [0.5, 0.6) is 0 Å². The summed E-state index contributed by atoms with van der Waals surface area (Å²) in [5, 5.41) is 2.40. The van der Waals surface area contributed by atoms with Crippen LogP contribution in [0.1, 0.15) is 21.5 Å². The van der Waals surface area contributed by atoms with Crippen LogP contribution in [0.3, 0.4) is 0 Å². The zero-order chi connectivity index (χ0) is 19.4. The number of carbonyl (C=O) groups excluding carboxylic acids is 1. The van der Waals surface area contributed by atoms with Gasteiger partial charge < -0.3 is 10.1 Å². The Morgan fingerprint density at radius 3 is 2.36 bits per heavy atom. The molecular weight excluding hydrogens is 361 g/mol. The molecule has 0 aliphatic carbocycles. The van der Waals surface area contributed by atoms with E-state index in [9.17, 15) is 26.4 Å². The summed E-state index contributed by atoms with van der Waals surface area (Å²) in [6.07, 6.45) is -4.42. The summed E-state index contributed by atoms with van der Waals surface area (Å²) in [6.45, 7) is 1.49. The lowest BCUT2D eigenvalue weighted by atomic mass is 10.1. The Morgan fingerprint density at radius 1 is 1.24 bits per heavy atom. The highest BCUT2D eigenvalue weighted by Gasteiger charge is 2.27. The average molecular weight is 382 g/mol. The Balaban J connectivity index is 2.85. The largest absolute Gasteiger partial charge is 0.411 e. The second kappa shape index (κ2) is 8.15. The van der Waals surface area contributed by atoms with Crippen LogP contribution in [0.4, 0.5) is 13.2 Å². The van der Waals surface area contributed by atoms with E-state index >= 15 is 0 Å². The monoisotopic (exact) mass is 382 g/mol. The molecule has 10 heteroatoms. The molecule has 142 valence electrons. The van der Waals surface area contributed by atoms with Crippen molar-refractivity contribution in [2.45, 2.75) is 24.9 Å². The molecule has 0 fully saturated rings. The molecule has 0 heterocycles. The lowest BCUT2D eigenvalue weighted by Gasteiger charge is -2.16. The standard InChI is InChI=1S/C15H21F3N2O4S/c1-10-7-12(8-13(11(10)2)25(22,23)20(3)4)14(21)19-5-6-24-9-15(16,17)18/h7-8H,5-6,9H2,1-4H3,(H,19,21). The summed E-state index contributed by atoms with van der Waals surface area (Å²) in [7, 11) is -0.960. The van der Waals surface area contributed by atoms with Crippen LogP contribution in [-0.2, 0) is 14.8 Å². The third kappa shape index (κ3) is 5.98. The van der Waals surface area contributed by atoms with Crippen LogP contribution in [0, 0.1) is 13.8 Å². The summed E-state index contributed by atoms with van der Waals surface area (Å²) >= 11 is 0. The highest BCUT2D eigenvalue weighted by atomic mass is 32.2. The fraction of sp³-hybridized carbons (Fsp3) is 0.533. The predicted octanol–water partition coefficient (Wildman–Crippen LogP) is 1.86. The van der Waals surface area contributed by atoms with Gasteiger partial charge >= 0.3 is 6.18 Å². The number of rotatable bonds is 7. The molecule has 0 spiro atoms. The van der Waals surface area contributed by atoms with Gasteiger partial charge in [0.15, 0.2) is 0 Å². The van der Waals surface area contributed by atoms with Crippen molar-refractivity contribution in [2.75, 3.05) is 33.9 Å². The van der Waals surface area contributed by atoms with Crippen molar-refractivity contribution in [1.82, 2.24) is 9.62 Å². The van der Waals surface area contributed by atoms with E-state index < -0.39 is 28.7 Å². The maximum Gasteiger partial charge on any atom is 0.411 e. The maximum absolute atomic E-state index is 12.3. The van der Waals surface area contributed by atoms with Crippen LogP contribution in [0.2, 0.25) is 0 Å². The smallest absolute Gasteiger partial charge is 0.370 e. The number of sulfonamides is 1. The molecule has 6 nitrogen and oxygen atoms in total. The van der Waals surface area contributed by atoms with Crippen molar-refractivity contribution >= 4 is 15.9 Å². The Kier molecular flexibility index (Phi) is 6.98. The Labute approximate surface area is 145 Å². The molecule has 0 aromatic heterocycles. The lowest BCUT2D eigenvalue weighted by molar-refractivity contribution is -0.173. The number of alkyl halides is 3. The van der Waals surface area contributed by atoms with Gasteiger partial charge in [-0.25, -0.2) is 12.7 Å². The molecule has 0 bridgehead atoms. The van der Waals surface area contributed by atoms with E-state index in [1.165, 1.54) is 26.2 Å². The van der Waals surface area contributed by atoms with Gasteiger partial charge in [0, 0.05) is 26.2 Å². The molecule has 1 amide bonds. The second-order valence-electron chi connectivity index (χ2n) is 5.63. The number of halogens is 3. The van der Waals surface area contributed by atoms with Crippen LogP contribution in [0.25, 0.3) is 0 Å².